The fourth-order valence-electron chi connectivity index (χ4n) is 9.61. The van der Waals surface area contributed by atoms with Gasteiger partial charge in [-0.15, -0.1) is 0 Å². The topological polar surface area (TPSA) is 178 Å². The Morgan fingerprint density at radius 2 is 1.79 bits per heavy atom. The van der Waals surface area contributed by atoms with E-state index in [0.717, 1.165) is 46.2 Å². The molecule has 272 valence electrons. The molecule has 3 aromatic rings. The van der Waals surface area contributed by atoms with Gasteiger partial charge >= 0.3 is 0 Å². The maximum Gasteiger partial charge on any atom is 0.268 e. The third-order valence-corrected chi connectivity index (χ3v) is 13.4. The van der Waals surface area contributed by atoms with E-state index in [1.165, 1.54) is 0 Å². The summed E-state index contributed by atoms with van der Waals surface area (Å²) in [4.78, 5) is 4.42. The number of hydrogen-bond donors (Lipinski definition) is 5. The largest absolute Gasteiger partial charge is 0.508 e. The van der Waals surface area contributed by atoms with Gasteiger partial charge in [0.05, 0.1) is 11.4 Å². The van der Waals surface area contributed by atoms with Gasteiger partial charge in [-0.05, 0) is 102 Å². The number of phenolic OH excluding ortho intramolecular Hbond substituents is 1. The maximum atomic E-state index is 13.8. The van der Waals surface area contributed by atoms with E-state index in [4.69, 9.17) is 20.9 Å². The van der Waals surface area contributed by atoms with Crippen LogP contribution in [-0.2, 0) is 21.3 Å². The van der Waals surface area contributed by atoms with Crippen molar-refractivity contribution in [2.45, 2.75) is 81.0 Å². The molecular formula is C41H45N3O7S. The zero-order chi connectivity index (χ0) is 36.3. The van der Waals surface area contributed by atoms with Crippen LogP contribution in [0.4, 0.5) is 0 Å². The van der Waals surface area contributed by atoms with Gasteiger partial charge in [-0.3, -0.25) is 4.55 Å². The van der Waals surface area contributed by atoms with Crippen molar-refractivity contribution in [1.29, 1.82) is 0 Å². The molecule has 10 bridgehead atoms. The fourth-order valence-corrected chi connectivity index (χ4v) is 10.7. The lowest BCUT2D eigenvalue weighted by Gasteiger charge is -2.42. The summed E-state index contributed by atoms with van der Waals surface area (Å²) in [5.41, 5.74) is 17.9. The molecule has 2 unspecified atom stereocenters. The van der Waals surface area contributed by atoms with Gasteiger partial charge in [-0.1, -0.05) is 61.2 Å². The molecule has 5 aliphatic heterocycles. The van der Waals surface area contributed by atoms with Gasteiger partial charge in [0.25, 0.3) is 10.1 Å². The molecule has 52 heavy (non-hydrogen) atoms. The first-order valence-electron chi connectivity index (χ1n) is 18.2. The highest BCUT2D eigenvalue weighted by molar-refractivity contribution is 7.86. The normalized spacial score (nSPS) is 31.9. The zero-order valence-electron chi connectivity index (χ0n) is 29.1. The van der Waals surface area contributed by atoms with Gasteiger partial charge in [-0.25, -0.2) is 4.99 Å². The van der Waals surface area contributed by atoms with Crippen LogP contribution < -0.4 is 16.2 Å². The van der Waals surface area contributed by atoms with Crippen molar-refractivity contribution in [3.63, 3.8) is 0 Å². The number of nitrogens with zero attached hydrogens (tertiary/aromatic N) is 1. The van der Waals surface area contributed by atoms with Crippen molar-refractivity contribution in [2.24, 2.45) is 40.1 Å². The number of aliphatic hydroxyl groups is 1. The van der Waals surface area contributed by atoms with Crippen LogP contribution in [0.25, 0.3) is 0 Å². The molecule has 0 spiro atoms. The summed E-state index contributed by atoms with van der Waals surface area (Å²) in [5.74, 6) is 5.79. The second-order valence-corrected chi connectivity index (χ2v) is 16.9. The van der Waals surface area contributed by atoms with Crippen molar-refractivity contribution < 1.29 is 32.7 Å². The second kappa shape index (κ2) is 13.6. The molecule has 0 radical (unpaired) electrons. The number of hydrogen-bond acceptors (Lipinski definition) is 7. The average Bonchev–Trinajstić information content (AvgIpc) is 3.20. The predicted molar refractivity (Wildman–Crippen MR) is 197 cm³/mol. The van der Waals surface area contributed by atoms with E-state index in [1.807, 2.05) is 48.5 Å². The average molecular weight is 724 g/mol. The van der Waals surface area contributed by atoms with Crippen LogP contribution in [0.1, 0.15) is 96.6 Å². The van der Waals surface area contributed by atoms with Crippen LogP contribution in [0, 0.1) is 35.5 Å². The molecule has 7 N–H and O–H groups in total. The molecule has 11 heteroatoms. The Kier molecular flexibility index (Phi) is 9.06. The Morgan fingerprint density at radius 3 is 2.54 bits per heavy atom. The molecule has 3 aromatic carbocycles. The smallest absolute Gasteiger partial charge is 0.268 e. The molecule has 1 saturated heterocycles. The number of guanidine groups is 1. The van der Waals surface area contributed by atoms with E-state index in [9.17, 15) is 23.2 Å². The van der Waals surface area contributed by atoms with Gasteiger partial charge in [0.1, 0.15) is 17.6 Å². The summed E-state index contributed by atoms with van der Waals surface area (Å²) in [5, 5.41) is 19.9. The summed E-state index contributed by atoms with van der Waals surface area (Å²) >= 11 is 0. The number of phenols is 1. The quantitative estimate of drug-likeness (QED) is 0.0756. The van der Waals surface area contributed by atoms with Crippen LogP contribution in [0.15, 0.2) is 77.3 Å². The lowest BCUT2D eigenvalue weighted by Crippen LogP contribution is -2.40. The number of benzene rings is 3. The van der Waals surface area contributed by atoms with Gasteiger partial charge < -0.3 is 31.2 Å². The van der Waals surface area contributed by atoms with Crippen LogP contribution in [0.5, 0.6) is 11.5 Å². The lowest BCUT2D eigenvalue weighted by atomic mass is 9.64. The first kappa shape index (κ1) is 34.7. The molecule has 10 nitrogen and oxygen atoms in total. The third kappa shape index (κ3) is 6.47. The number of aromatic hydroxyl groups is 1. The van der Waals surface area contributed by atoms with Crippen LogP contribution >= 0.6 is 0 Å². The van der Waals surface area contributed by atoms with Crippen molar-refractivity contribution in [2.75, 3.05) is 6.61 Å². The predicted octanol–water partition coefficient (Wildman–Crippen LogP) is 5.61. The van der Waals surface area contributed by atoms with Crippen molar-refractivity contribution >= 4 is 16.1 Å². The molecule has 2 aliphatic carbocycles. The minimum atomic E-state index is -4.57. The highest BCUT2D eigenvalue weighted by atomic mass is 32.2. The Balaban J connectivity index is 1.35. The molecule has 10 rings (SSSR count). The monoisotopic (exact) mass is 723 g/mol. The minimum absolute atomic E-state index is 0.0873. The number of rotatable bonds is 3. The van der Waals surface area contributed by atoms with Crippen LogP contribution in [0.3, 0.4) is 0 Å². The summed E-state index contributed by atoms with van der Waals surface area (Å²) in [6.07, 6.45) is 3.80. The summed E-state index contributed by atoms with van der Waals surface area (Å²) in [6.45, 7) is 2.04. The van der Waals surface area contributed by atoms with Crippen LogP contribution in [0.2, 0.25) is 0 Å². The number of ether oxygens (including phenoxy) is 2. The zero-order valence-corrected chi connectivity index (χ0v) is 29.9. The summed E-state index contributed by atoms with van der Waals surface area (Å²) in [6, 6.07) is 18.8. The number of fused-ring (bicyclic) bond motifs is 9. The highest BCUT2D eigenvalue weighted by Gasteiger charge is 2.49. The Bertz CT molecular complexity index is 2100. The standard InChI is InChI=1S/C41H45N3O7S/c1-22-5-6-26-17-31-12-14-32(26)34(22)20-37(52(47,48)49)35-18-29-15-28(38(35)23-7-9-24(10-8-23)40(50-31)44-41(42)43)19-36-27(21-45)4-2-3-25-16-30(46)11-13-33(25)39(29)51-36/h7-14,16-18,22,27-28,34-40,45-46H,4-6,15,19-21H2,1H3,(H4,42,43,44)(H,47,48,49)/t22-,27-,28-,34+,35-,36?,37-,38?,39-,40-/m1/s1. The number of nitrogens with two attached hydrogens (primary N) is 2. The molecular weight excluding hydrogens is 679 g/mol. The number of allylic oxidation sites excluding steroid dienone is 1. The molecule has 10 atom stereocenters. The second-order valence-electron chi connectivity index (χ2n) is 15.3. The molecule has 5 heterocycles. The van der Waals surface area contributed by atoms with Crippen molar-refractivity contribution in [1.82, 2.24) is 0 Å². The lowest BCUT2D eigenvalue weighted by molar-refractivity contribution is -0.0416. The Morgan fingerprint density at radius 1 is 1.02 bits per heavy atom. The SMILES string of the molecule is C[C@@H]1CCc2cc3ccc2[C@H]1C[C@@H](S(=O)(=O)O)[C@H]1C=C2C[C@H](CC4O[C@H]2c2ccc(O)cc2C#CC[C@@H]4CO)C1c1ccc(cc1)[C@H](N=C(N)N)O3. The van der Waals surface area contributed by atoms with E-state index in [0.29, 0.717) is 30.6 Å². The van der Waals surface area contributed by atoms with E-state index in [1.54, 1.807) is 12.1 Å². The Hall–Kier alpha value is -4.34. The highest BCUT2D eigenvalue weighted by Crippen LogP contribution is 2.55. The first-order chi connectivity index (χ1) is 25.0. The van der Waals surface area contributed by atoms with Crippen molar-refractivity contribution in [3.8, 4) is 23.3 Å². The molecule has 0 saturated carbocycles. The third-order valence-electron chi connectivity index (χ3n) is 12.2. The van der Waals surface area contributed by atoms with Gasteiger partial charge in [0, 0.05) is 41.6 Å². The molecule has 0 amide bonds. The summed E-state index contributed by atoms with van der Waals surface area (Å²) in [7, 11) is -4.57. The number of aliphatic imine (C=N–C) groups is 1. The number of aliphatic hydroxyl groups excluding tert-OH is 1. The Labute approximate surface area is 304 Å². The number of aryl methyl sites for hydroxylation is 1. The van der Waals surface area contributed by atoms with Gasteiger partial charge in [-0.2, -0.15) is 8.42 Å². The molecule has 7 aliphatic rings. The van der Waals surface area contributed by atoms with E-state index >= 15 is 0 Å². The fraction of sp³-hybridized carbons (Fsp3) is 0.439. The molecule has 0 aromatic heterocycles. The van der Waals surface area contributed by atoms with Crippen LogP contribution in [-0.4, -0.2) is 47.1 Å². The van der Waals surface area contributed by atoms with E-state index in [-0.39, 0.29) is 60.4 Å². The van der Waals surface area contributed by atoms with E-state index < -0.39 is 33.6 Å². The van der Waals surface area contributed by atoms with E-state index in [2.05, 4.69) is 29.8 Å². The van der Waals surface area contributed by atoms with Gasteiger partial charge in [0.15, 0.2) is 5.96 Å². The maximum absolute atomic E-state index is 13.8. The molecule has 1 fully saturated rings. The van der Waals surface area contributed by atoms with Gasteiger partial charge in [0.2, 0.25) is 6.23 Å². The first-order valence-corrected chi connectivity index (χ1v) is 19.7. The summed E-state index contributed by atoms with van der Waals surface area (Å²) < 4.78 is 52.3. The minimum Gasteiger partial charge on any atom is -0.508 e. The van der Waals surface area contributed by atoms with Crippen molar-refractivity contribution in [3.05, 3.63) is 106 Å².